The molecule has 3 aromatic carbocycles. The monoisotopic (exact) mass is 435 g/mol. The van der Waals surface area contributed by atoms with Crippen molar-refractivity contribution in [2.45, 2.75) is 0 Å². The van der Waals surface area contributed by atoms with E-state index >= 15 is 0 Å². The number of thioether (sulfide) groups is 1. The highest BCUT2D eigenvalue weighted by molar-refractivity contribution is 8.18. The van der Waals surface area contributed by atoms with Crippen LogP contribution in [0.15, 0.2) is 65.6 Å². The molecule has 4 rings (SSSR count). The Labute approximate surface area is 184 Å². The molecule has 7 heteroatoms. The number of methoxy groups -OCH3 is 2. The van der Waals surface area contributed by atoms with Crippen LogP contribution in [0.2, 0.25) is 0 Å². The van der Waals surface area contributed by atoms with E-state index in [0.717, 1.165) is 28.1 Å². The second-order valence-electron chi connectivity index (χ2n) is 6.76. The largest absolute Gasteiger partial charge is 0.497 e. The minimum Gasteiger partial charge on any atom is -0.497 e. The molecule has 0 bridgehead atoms. The van der Waals surface area contributed by atoms with Gasteiger partial charge in [-0.05, 0) is 58.9 Å². The van der Waals surface area contributed by atoms with Gasteiger partial charge in [-0.15, -0.1) is 0 Å². The van der Waals surface area contributed by atoms with Crippen LogP contribution in [0, 0.1) is 0 Å². The Morgan fingerprint density at radius 1 is 0.935 bits per heavy atom. The molecule has 1 fully saturated rings. The lowest BCUT2D eigenvalue weighted by molar-refractivity contribution is -0.123. The molecule has 0 N–H and O–H groups in total. The number of amides is 2. The van der Waals surface area contributed by atoms with Gasteiger partial charge in [-0.2, -0.15) is 0 Å². The summed E-state index contributed by atoms with van der Waals surface area (Å²) in [4.78, 5) is 26.9. The molecule has 0 saturated carbocycles. The number of rotatable bonds is 7. The fraction of sp³-hybridized carbons (Fsp3) is 0.167. The molecule has 3 aromatic rings. The highest BCUT2D eigenvalue weighted by Crippen LogP contribution is 2.37. The van der Waals surface area contributed by atoms with Crippen molar-refractivity contribution in [2.24, 2.45) is 0 Å². The van der Waals surface area contributed by atoms with Gasteiger partial charge in [0.05, 0.1) is 25.7 Å². The first kappa shape index (κ1) is 20.8. The molecule has 0 unspecified atom stereocenters. The summed E-state index contributed by atoms with van der Waals surface area (Å²) < 4.78 is 16.5. The maximum absolute atomic E-state index is 12.9. The maximum atomic E-state index is 12.9. The summed E-state index contributed by atoms with van der Waals surface area (Å²) in [6.07, 6.45) is 1.71. The van der Waals surface area contributed by atoms with Gasteiger partial charge in [-0.1, -0.05) is 30.3 Å². The fourth-order valence-electron chi connectivity index (χ4n) is 3.35. The SMILES string of the molecule is COc1ccc2ccc(OC)c(/C=C3\SC(=O)N(CCOc4ccccc4)C3=O)c2c1. The van der Waals surface area contributed by atoms with Gasteiger partial charge in [-0.25, -0.2) is 0 Å². The van der Waals surface area contributed by atoms with Crippen molar-refractivity contribution in [1.82, 2.24) is 4.90 Å². The number of ether oxygens (including phenoxy) is 3. The number of carbonyl (C=O) groups excluding carboxylic acids is 2. The van der Waals surface area contributed by atoms with Crippen molar-refractivity contribution in [3.8, 4) is 17.2 Å². The van der Waals surface area contributed by atoms with Crippen LogP contribution < -0.4 is 14.2 Å². The Kier molecular flexibility index (Phi) is 6.13. The van der Waals surface area contributed by atoms with E-state index in [9.17, 15) is 9.59 Å². The summed E-state index contributed by atoms with van der Waals surface area (Å²) in [5, 5.41) is 1.53. The highest BCUT2D eigenvalue weighted by atomic mass is 32.2. The Hall–Kier alpha value is -3.45. The lowest BCUT2D eigenvalue weighted by Gasteiger charge is -2.13. The molecule has 0 radical (unpaired) electrons. The predicted molar refractivity (Wildman–Crippen MR) is 122 cm³/mol. The Morgan fingerprint density at radius 2 is 1.71 bits per heavy atom. The molecule has 1 aliphatic heterocycles. The van der Waals surface area contributed by atoms with Gasteiger partial charge >= 0.3 is 0 Å². The van der Waals surface area contributed by atoms with Gasteiger partial charge in [-0.3, -0.25) is 14.5 Å². The first-order chi connectivity index (χ1) is 15.1. The standard InChI is InChI=1S/C24H21NO5S/c1-28-18-10-8-16-9-11-21(29-2)20(19(16)14-18)15-22-23(26)25(24(27)31-22)12-13-30-17-6-4-3-5-7-17/h3-11,14-15H,12-13H2,1-2H3/b22-15-. The van der Waals surface area contributed by atoms with Crippen LogP contribution in [0.1, 0.15) is 5.56 Å². The Balaban J connectivity index is 1.59. The van der Waals surface area contributed by atoms with Crippen LogP contribution in [0.4, 0.5) is 4.79 Å². The summed E-state index contributed by atoms with van der Waals surface area (Å²) in [5.41, 5.74) is 0.727. The van der Waals surface area contributed by atoms with Crippen LogP contribution in [0.25, 0.3) is 16.8 Å². The molecule has 0 aromatic heterocycles. The van der Waals surface area contributed by atoms with Crippen molar-refractivity contribution in [1.29, 1.82) is 0 Å². The number of imide groups is 1. The summed E-state index contributed by atoms with van der Waals surface area (Å²) in [5.74, 6) is 1.66. The van der Waals surface area contributed by atoms with Crippen molar-refractivity contribution in [3.63, 3.8) is 0 Å². The first-order valence-electron chi connectivity index (χ1n) is 9.68. The number of benzene rings is 3. The van der Waals surface area contributed by atoms with Crippen LogP contribution in [0.3, 0.4) is 0 Å². The Morgan fingerprint density at radius 3 is 2.45 bits per heavy atom. The van der Waals surface area contributed by atoms with E-state index in [1.165, 1.54) is 4.90 Å². The number of fused-ring (bicyclic) bond motifs is 1. The quantitative estimate of drug-likeness (QED) is 0.488. The average molecular weight is 436 g/mol. The van der Waals surface area contributed by atoms with E-state index in [0.29, 0.717) is 22.2 Å². The second kappa shape index (κ2) is 9.14. The van der Waals surface area contributed by atoms with Gasteiger partial charge in [0, 0.05) is 5.56 Å². The first-order valence-corrected chi connectivity index (χ1v) is 10.5. The molecule has 0 spiro atoms. The number of hydrogen-bond acceptors (Lipinski definition) is 6. The van der Waals surface area contributed by atoms with Gasteiger partial charge in [0.1, 0.15) is 23.9 Å². The lowest BCUT2D eigenvalue weighted by Crippen LogP contribution is -2.32. The minimum absolute atomic E-state index is 0.178. The van der Waals surface area contributed by atoms with Gasteiger partial charge in [0.2, 0.25) is 0 Å². The number of carbonyl (C=O) groups is 2. The predicted octanol–water partition coefficient (Wildman–Crippen LogP) is 4.97. The minimum atomic E-state index is -0.339. The van der Waals surface area contributed by atoms with Crippen molar-refractivity contribution in [2.75, 3.05) is 27.4 Å². The number of nitrogens with zero attached hydrogens (tertiary/aromatic N) is 1. The summed E-state index contributed by atoms with van der Waals surface area (Å²) in [6.45, 7) is 0.404. The summed E-state index contributed by atoms with van der Waals surface area (Å²) >= 11 is 0.917. The average Bonchev–Trinajstić information content (AvgIpc) is 3.07. The van der Waals surface area contributed by atoms with Crippen molar-refractivity contribution >= 4 is 39.8 Å². The van der Waals surface area contributed by atoms with Crippen LogP contribution in [-0.2, 0) is 4.79 Å². The summed E-state index contributed by atoms with van der Waals surface area (Å²) in [7, 11) is 3.18. The van der Waals surface area contributed by atoms with E-state index in [-0.39, 0.29) is 24.3 Å². The molecule has 1 saturated heterocycles. The van der Waals surface area contributed by atoms with Gasteiger partial charge in [0.15, 0.2) is 0 Å². The normalized spacial score (nSPS) is 15.0. The molecule has 158 valence electrons. The van der Waals surface area contributed by atoms with E-state index < -0.39 is 0 Å². The molecule has 1 aliphatic rings. The van der Waals surface area contributed by atoms with E-state index in [4.69, 9.17) is 14.2 Å². The zero-order chi connectivity index (χ0) is 21.8. The van der Waals surface area contributed by atoms with E-state index in [1.54, 1.807) is 20.3 Å². The topological polar surface area (TPSA) is 65.1 Å². The number of para-hydroxylation sites is 1. The zero-order valence-electron chi connectivity index (χ0n) is 17.2. The Bertz CT molecular complexity index is 1150. The molecule has 0 atom stereocenters. The van der Waals surface area contributed by atoms with Crippen LogP contribution in [0.5, 0.6) is 17.2 Å². The molecule has 1 heterocycles. The smallest absolute Gasteiger partial charge is 0.293 e. The third-order valence-corrected chi connectivity index (χ3v) is 5.83. The van der Waals surface area contributed by atoms with Gasteiger partial charge in [0.25, 0.3) is 11.1 Å². The fourth-order valence-corrected chi connectivity index (χ4v) is 4.20. The molecular weight excluding hydrogens is 414 g/mol. The van der Waals surface area contributed by atoms with Crippen molar-refractivity contribution in [3.05, 3.63) is 71.1 Å². The highest BCUT2D eigenvalue weighted by Gasteiger charge is 2.35. The van der Waals surface area contributed by atoms with Crippen LogP contribution in [-0.4, -0.2) is 43.4 Å². The van der Waals surface area contributed by atoms with Crippen molar-refractivity contribution < 1.29 is 23.8 Å². The second-order valence-corrected chi connectivity index (χ2v) is 7.76. The lowest BCUT2D eigenvalue weighted by atomic mass is 10.0. The molecule has 31 heavy (non-hydrogen) atoms. The number of hydrogen-bond donors (Lipinski definition) is 0. The third-order valence-electron chi connectivity index (χ3n) is 4.93. The maximum Gasteiger partial charge on any atom is 0.293 e. The molecule has 2 amide bonds. The zero-order valence-corrected chi connectivity index (χ0v) is 18.0. The van der Waals surface area contributed by atoms with Gasteiger partial charge < -0.3 is 14.2 Å². The third kappa shape index (κ3) is 4.36. The molecular formula is C24H21NO5S. The van der Waals surface area contributed by atoms with E-state index in [1.807, 2.05) is 60.7 Å². The molecule has 0 aliphatic carbocycles. The van der Waals surface area contributed by atoms with E-state index in [2.05, 4.69) is 0 Å². The summed E-state index contributed by atoms with van der Waals surface area (Å²) in [6, 6.07) is 18.8. The molecule has 6 nitrogen and oxygen atoms in total. The van der Waals surface area contributed by atoms with Crippen LogP contribution >= 0.6 is 11.8 Å².